The summed E-state index contributed by atoms with van der Waals surface area (Å²) in [6.45, 7) is 10.9. The molecule has 0 aromatic carbocycles. The van der Waals surface area contributed by atoms with Gasteiger partial charge in [-0.15, -0.1) is 0 Å². The fourth-order valence-electron chi connectivity index (χ4n) is 4.11. The summed E-state index contributed by atoms with van der Waals surface area (Å²) in [5.74, 6) is -0.119. The molecule has 0 spiro atoms. The highest BCUT2D eigenvalue weighted by Gasteiger charge is 2.58. The molecule has 3 unspecified atom stereocenters. The van der Waals surface area contributed by atoms with Crippen LogP contribution in [-0.2, 0) is 4.79 Å². The molecule has 2 fully saturated rings. The molecule has 0 heterocycles. The zero-order chi connectivity index (χ0) is 12.8. The van der Waals surface area contributed by atoms with Gasteiger partial charge < -0.3 is 10.4 Å². The van der Waals surface area contributed by atoms with Crippen LogP contribution < -0.4 is 5.32 Å². The molecule has 2 aliphatic rings. The van der Waals surface area contributed by atoms with Gasteiger partial charge in [0.25, 0.3) is 0 Å². The van der Waals surface area contributed by atoms with Gasteiger partial charge in [-0.1, -0.05) is 27.4 Å². The van der Waals surface area contributed by atoms with Crippen molar-refractivity contribution in [2.24, 2.45) is 16.7 Å². The smallest absolute Gasteiger partial charge is 0.332 e. The Hall–Kier alpha value is -0.830. The average molecular weight is 237 g/mol. The quantitative estimate of drug-likeness (QED) is 0.738. The van der Waals surface area contributed by atoms with Crippen LogP contribution in [0.25, 0.3) is 0 Å². The lowest BCUT2D eigenvalue weighted by atomic mass is 9.68. The molecule has 2 rings (SSSR count). The molecular formula is C14H23NO2. The third kappa shape index (κ3) is 1.90. The van der Waals surface area contributed by atoms with Crippen molar-refractivity contribution in [3.05, 3.63) is 12.2 Å². The van der Waals surface area contributed by atoms with Crippen molar-refractivity contribution < 1.29 is 9.90 Å². The molecule has 2 aliphatic carbocycles. The maximum atomic E-state index is 10.8. The van der Waals surface area contributed by atoms with Crippen molar-refractivity contribution in [3.63, 3.8) is 0 Å². The van der Waals surface area contributed by atoms with Crippen molar-refractivity contribution in [2.75, 3.05) is 6.54 Å². The van der Waals surface area contributed by atoms with Crippen LogP contribution >= 0.6 is 0 Å². The van der Waals surface area contributed by atoms with Gasteiger partial charge in [0.05, 0.1) is 0 Å². The van der Waals surface area contributed by atoms with E-state index < -0.39 is 5.97 Å². The number of nitrogens with one attached hydrogen (secondary N) is 1. The Kier molecular flexibility index (Phi) is 2.85. The van der Waals surface area contributed by atoms with Gasteiger partial charge in [0.2, 0.25) is 0 Å². The number of hydrogen-bond acceptors (Lipinski definition) is 2. The minimum absolute atomic E-state index is 0.257. The highest BCUT2D eigenvalue weighted by molar-refractivity contribution is 5.86. The first kappa shape index (κ1) is 12.6. The van der Waals surface area contributed by atoms with E-state index in [0.717, 1.165) is 5.92 Å². The lowest BCUT2D eigenvalue weighted by Crippen LogP contribution is -2.51. The second kappa shape index (κ2) is 3.84. The van der Waals surface area contributed by atoms with Gasteiger partial charge in [-0.3, -0.25) is 0 Å². The van der Waals surface area contributed by atoms with Crippen LogP contribution in [0, 0.1) is 16.7 Å². The van der Waals surface area contributed by atoms with E-state index in [0.29, 0.717) is 18.0 Å². The van der Waals surface area contributed by atoms with Crippen LogP contribution in [0.15, 0.2) is 12.2 Å². The van der Waals surface area contributed by atoms with E-state index >= 15 is 0 Å². The fourth-order valence-corrected chi connectivity index (χ4v) is 4.11. The van der Waals surface area contributed by atoms with E-state index in [-0.39, 0.29) is 11.0 Å². The monoisotopic (exact) mass is 237 g/mol. The molecule has 17 heavy (non-hydrogen) atoms. The zero-order valence-corrected chi connectivity index (χ0v) is 11.0. The number of carboxylic acids is 1. The molecule has 0 amide bonds. The molecule has 3 heteroatoms. The van der Waals surface area contributed by atoms with Gasteiger partial charge in [0, 0.05) is 18.2 Å². The third-order valence-electron chi connectivity index (χ3n) is 5.09. The van der Waals surface area contributed by atoms with E-state index in [1.54, 1.807) is 0 Å². The van der Waals surface area contributed by atoms with Crippen molar-refractivity contribution in [3.8, 4) is 0 Å². The fraction of sp³-hybridized carbons (Fsp3) is 0.786. The topological polar surface area (TPSA) is 49.3 Å². The summed E-state index contributed by atoms with van der Waals surface area (Å²) in [6, 6.07) is 0.407. The van der Waals surface area contributed by atoms with E-state index in [2.05, 4.69) is 32.7 Å². The van der Waals surface area contributed by atoms with Crippen molar-refractivity contribution in [1.82, 2.24) is 5.32 Å². The summed E-state index contributed by atoms with van der Waals surface area (Å²) in [5, 5.41) is 12.3. The van der Waals surface area contributed by atoms with Crippen LogP contribution in [0.1, 0.15) is 40.0 Å². The largest absolute Gasteiger partial charge is 0.478 e. The third-order valence-corrected chi connectivity index (χ3v) is 5.09. The van der Waals surface area contributed by atoms with Gasteiger partial charge in [0.1, 0.15) is 0 Å². The molecule has 2 saturated carbocycles. The lowest BCUT2D eigenvalue weighted by Gasteiger charge is -2.43. The number of carbonyl (C=O) groups is 1. The first-order chi connectivity index (χ1) is 7.77. The molecule has 0 aromatic heterocycles. The summed E-state index contributed by atoms with van der Waals surface area (Å²) >= 11 is 0. The summed E-state index contributed by atoms with van der Waals surface area (Å²) in [4.78, 5) is 10.8. The molecule has 2 N–H and O–H groups in total. The highest BCUT2D eigenvalue weighted by Crippen LogP contribution is 2.62. The van der Waals surface area contributed by atoms with Gasteiger partial charge in [-0.25, -0.2) is 4.79 Å². The Morgan fingerprint density at radius 3 is 2.59 bits per heavy atom. The summed E-state index contributed by atoms with van der Waals surface area (Å²) in [6.07, 6.45) is 3.86. The maximum Gasteiger partial charge on any atom is 0.332 e. The maximum absolute atomic E-state index is 10.8. The van der Waals surface area contributed by atoms with Crippen molar-refractivity contribution in [2.45, 2.75) is 46.1 Å². The summed E-state index contributed by atoms with van der Waals surface area (Å²) < 4.78 is 0. The van der Waals surface area contributed by atoms with E-state index in [9.17, 15) is 4.79 Å². The lowest BCUT2D eigenvalue weighted by molar-refractivity contribution is -0.132. The number of aliphatic carboxylic acids is 1. The summed E-state index contributed by atoms with van der Waals surface area (Å²) in [5.41, 5.74) is 0.866. The molecule has 3 nitrogen and oxygen atoms in total. The SMILES string of the molecule is C=C(CNC1C2(C)CCC(C2)C1(C)C)C(=O)O. The molecule has 0 aromatic rings. The van der Waals surface area contributed by atoms with Crippen LogP contribution in [0.4, 0.5) is 0 Å². The van der Waals surface area contributed by atoms with Gasteiger partial charge in [-0.2, -0.15) is 0 Å². The molecule has 0 saturated heterocycles. The normalized spacial score (nSPS) is 38.3. The number of carboxylic acid groups (broad SMARTS) is 1. The van der Waals surface area contributed by atoms with Gasteiger partial charge in [-0.05, 0) is 36.0 Å². The second-order valence-electron chi connectivity index (χ2n) is 6.64. The second-order valence-corrected chi connectivity index (χ2v) is 6.64. The van der Waals surface area contributed by atoms with Crippen LogP contribution in [0.2, 0.25) is 0 Å². The van der Waals surface area contributed by atoms with Gasteiger partial charge in [0.15, 0.2) is 0 Å². The minimum atomic E-state index is -0.899. The van der Waals surface area contributed by atoms with Crippen molar-refractivity contribution >= 4 is 5.97 Å². The molecule has 0 radical (unpaired) electrons. The minimum Gasteiger partial charge on any atom is -0.478 e. The molecule has 2 bridgehead atoms. The van der Waals surface area contributed by atoms with Gasteiger partial charge >= 0.3 is 5.97 Å². The Balaban J connectivity index is 2.05. The van der Waals surface area contributed by atoms with E-state index in [1.165, 1.54) is 19.3 Å². The summed E-state index contributed by atoms with van der Waals surface area (Å²) in [7, 11) is 0. The Labute approximate surface area is 103 Å². The predicted molar refractivity (Wildman–Crippen MR) is 67.8 cm³/mol. The van der Waals surface area contributed by atoms with E-state index in [1.807, 2.05) is 0 Å². The zero-order valence-electron chi connectivity index (χ0n) is 11.0. The first-order valence-electron chi connectivity index (χ1n) is 6.42. The molecule has 96 valence electrons. The first-order valence-corrected chi connectivity index (χ1v) is 6.42. The van der Waals surface area contributed by atoms with E-state index in [4.69, 9.17) is 5.11 Å². The molecular weight excluding hydrogens is 214 g/mol. The Morgan fingerprint density at radius 1 is 1.47 bits per heavy atom. The number of hydrogen-bond donors (Lipinski definition) is 2. The highest BCUT2D eigenvalue weighted by atomic mass is 16.4. The molecule has 0 aliphatic heterocycles. The van der Waals surface area contributed by atoms with Crippen LogP contribution in [-0.4, -0.2) is 23.7 Å². The number of fused-ring (bicyclic) bond motifs is 2. The van der Waals surface area contributed by atoms with Crippen molar-refractivity contribution in [1.29, 1.82) is 0 Å². The molecule has 3 atom stereocenters. The average Bonchev–Trinajstić information content (AvgIpc) is 2.68. The van der Waals surface area contributed by atoms with Crippen LogP contribution in [0.3, 0.4) is 0 Å². The Bertz CT molecular complexity index is 356. The Morgan fingerprint density at radius 2 is 2.12 bits per heavy atom. The van der Waals surface area contributed by atoms with Crippen LogP contribution in [0.5, 0.6) is 0 Å². The standard InChI is InChI=1S/C14H23NO2/c1-9(11(16)17)8-15-12-13(2,3)10-5-6-14(12,4)7-10/h10,12,15H,1,5-8H2,2-4H3,(H,16,17). The number of rotatable bonds is 4. The predicted octanol–water partition coefficient (Wildman–Crippen LogP) is 2.43.